The zero-order valence-electron chi connectivity index (χ0n) is 33.0. The summed E-state index contributed by atoms with van der Waals surface area (Å²) in [5, 5.41) is 0. The van der Waals surface area contributed by atoms with E-state index < -0.39 is 17.9 Å². The lowest BCUT2D eigenvalue weighted by Crippen LogP contribution is -2.37. The van der Waals surface area contributed by atoms with Gasteiger partial charge in [-0.15, -0.1) is 0 Å². The Morgan fingerprint density at radius 2 is 1.58 bits per heavy atom. The highest BCUT2D eigenvalue weighted by Crippen LogP contribution is 2.46. The summed E-state index contributed by atoms with van der Waals surface area (Å²) in [6.45, 7) is 9.62. The Kier molecular flexibility index (Phi) is 12.0. The summed E-state index contributed by atoms with van der Waals surface area (Å²) in [6, 6.07) is 13.9. The van der Waals surface area contributed by atoms with E-state index in [4.69, 9.17) is 29.2 Å². The SMILES string of the molecule is CCOC(=O)C1CCN(c2cnc(N3CCC(c4nc5c(cc4C(F)c4ccc(C(F)(F)F)cc4)C(OCc4ccc(OC)cc4)CC(C)(C)C5)CC3)nc2)CC1. The van der Waals surface area contributed by atoms with Crippen LogP contribution in [0.15, 0.2) is 67.0 Å². The maximum Gasteiger partial charge on any atom is 0.416 e. The maximum atomic E-state index is 16.9. The third-order valence-electron chi connectivity index (χ3n) is 11.6. The summed E-state index contributed by atoms with van der Waals surface area (Å²) in [5.74, 6) is 1.07. The molecule has 3 aliphatic rings. The number of ether oxygens (including phenoxy) is 3. The smallest absolute Gasteiger partial charge is 0.416 e. The second-order valence-electron chi connectivity index (χ2n) is 16.2. The number of carbonyl (C=O) groups is 1. The lowest BCUT2D eigenvalue weighted by atomic mass is 9.73. The van der Waals surface area contributed by atoms with E-state index in [0.29, 0.717) is 69.2 Å². The molecule has 2 fully saturated rings. The van der Waals surface area contributed by atoms with Crippen molar-refractivity contribution in [3.8, 4) is 5.75 Å². The number of piperidine rings is 2. The molecule has 0 amide bonds. The van der Waals surface area contributed by atoms with Crippen LogP contribution < -0.4 is 14.5 Å². The second-order valence-corrected chi connectivity index (χ2v) is 16.2. The third-order valence-corrected chi connectivity index (χ3v) is 11.6. The third kappa shape index (κ3) is 9.35. The number of methoxy groups -OCH3 is 1. The van der Waals surface area contributed by atoms with Crippen molar-refractivity contribution in [3.05, 3.63) is 106 Å². The molecule has 0 spiro atoms. The van der Waals surface area contributed by atoms with Gasteiger partial charge in [-0.3, -0.25) is 9.78 Å². The number of alkyl halides is 4. The van der Waals surface area contributed by atoms with Crippen LogP contribution >= 0.6 is 0 Å². The van der Waals surface area contributed by atoms with Gasteiger partial charge in [0.05, 0.1) is 61.7 Å². The molecule has 2 aromatic heterocycles. The first-order chi connectivity index (χ1) is 27.3. The van der Waals surface area contributed by atoms with Crippen LogP contribution in [0, 0.1) is 11.3 Å². The largest absolute Gasteiger partial charge is 0.497 e. The Labute approximate surface area is 331 Å². The van der Waals surface area contributed by atoms with Gasteiger partial charge in [-0.05, 0) is 92.3 Å². The van der Waals surface area contributed by atoms with Gasteiger partial charge in [0.25, 0.3) is 0 Å². The van der Waals surface area contributed by atoms with Crippen molar-refractivity contribution in [1.29, 1.82) is 0 Å². The number of esters is 1. The van der Waals surface area contributed by atoms with Crippen molar-refractivity contribution >= 4 is 17.6 Å². The van der Waals surface area contributed by atoms with E-state index in [-0.39, 0.29) is 34.9 Å². The number of carbonyl (C=O) groups excluding carboxylic acids is 1. The summed E-state index contributed by atoms with van der Waals surface area (Å²) < 4.78 is 74.3. The van der Waals surface area contributed by atoms with Crippen LogP contribution in [0.2, 0.25) is 0 Å². The molecule has 0 saturated carbocycles. The summed E-state index contributed by atoms with van der Waals surface area (Å²) >= 11 is 0. The van der Waals surface area contributed by atoms with Crippen LogP contribution in [0.3, 0.4) is 0 Å². The van der Waals surface area contributed by atoms with Gasteiger partial charge < -0.3 is 24.0 Å². The molecule has 7 rings (SSSR count). The highest BCUT2D eigenvalue weighted by atomic mass is 19.4. The molecule has 57 heavy (non-hydrogen) atoms. The number of pyridine rings is 1. The van der Waals surface area contributed by atoms with Crippen LogP contribution in [-0.4, -0.2) is 60.8 Å². The molecule has 2 aromatic carbocycles. The lowest BCUT2D eigenvalue weighted by molar-refractivity contribution is -0.148. The predicted molar refractivity (Wildman–Crippen MR) is 209 cm³/mol. The van der Waals surface area contributed by atoms with E-state index in [1.165, 1.54) is 12.1 Å². The van der Waals surface area contributed by atoms with Gasteiger partial charge in [-0.25, -0.2) is 14.4 Å². The fourth-order valence-corrected chi connectivity index (χ4v) is 8.40. The van der Waals surface area contributed by atoms with E-state index in [1.807, 2.05) is 49.6 Å². The first kappa shape index (κ1) is 40.4. The highest BCUT2D eigenvalue weighted by molar-refractivity contribution is 5.72. The number of benzene rings is 2. The minimum absolute atomic E-state index is 0.0817. The fraction of sp³-hybridized carbons (Fsp3) is 0.500. The molecule has 0 radical (unpaired) electrons. The highest BCUT2D eigenvalue weighted by Gasteiger charge is 2.38. The van der Waals surface area contributed by atoms with E-state index in [0.717, 1.165) is 66.3 Å². The van der Waals surface area contributed by atoms with E-state index >= 15 is 4.39 Å². The second kappa shape index (κ2) is 17.0. The number of hydrogen-bond donors (Lipinski definition) is 0. The molecule has 1 aliphatic carbocycles. The van der Waals surface area contributed by atoms with Crippen molar-refractivity contribution in [2.75, 3.05) is 49.7 Å². The van der Waals surface area contributed by atoms with E-state index in [2.05, 4.69) is 23.6 Å². The maximum absolute atomic E-state index is 16.9. The molecule has 304 valence electrons. The molecular formula is C44H51F4N5O4. The van der Waals surface area contributed by atoms with Crippen LogP contribution in [0.1, 0.15) is 110 Å². The summed E-state index contributed by atoms with van der Waals surface area (Å²) in [4.78, 5) is 31.2. The normalized spacial score (nSPS) is 19.5. The number of aromatic nitrogens is 3. The number of nitrogens with zero attached hydrogens (tertiary/aromatic N) is 5. The van der Waals surface area contributed by atoms with Crippen molar-refractivity contribution in [1.82, 2.24) is 15.0 Å². The number of hydrogen-bond acceptors (Lipinski definition) is 9. The van der Waals surface area contributed by atoms with Gasteiger partial charge in [0.2, 0.25) is 5.95 Å². The minimum atomic E-state index is -4.52. The molecule has 9 nitrogen and oxygen atoms in total. The summed E-state index contributed by atoms with van der Waals surface area (Å²) in [7, 11) is 1.62. The average Bonchev–Trinajstić information content (AvgIpc) is 3.22. The molecular weight excluding hydrogens is 739 g/mol. The molecule has 0 bridgehead atoms. The molecule has 13 heteroatoms. The zero-order valence-corrected chi connectivity index (χ0v) is 33.0. The first-order valence-corrected chi connectivity index (χ1v) is 19.9. The molecule has 0 N–H and O–H groups in total. The van der Waals surface area contributed by atoms with Gasteiger partial charge in [-0.1, -0.05) is 38.1 Å². The van der Waals surface area contributed by atoms with Crippen LogP contribution in [-0.2, 0) is 33.5 Å². The summed E-state index contributed by atoms with van der Waals surface area (Å²) in [6.07, 6.45) is 1.28. The van der Waals surface area contributed by atoms with Crippen LogP contribution in [0.4, 0.5) is 29.2 Å². The van der Waals surface area contributed by atoms with Crippen molar-refractivity contribution < 1.29 is 36.6 Å². The Hall–Kier alpha value is -4.78. The minimum Gasteiger partial charge on any atom is -0.497 e. The van der Waals surface area contributed by atoms with Gasteiger partial charge in [0, 0.05) is 48.9 Å². The van der Waals surface area contributed by atoms with Crippen LogP contribution in [0.25, 0.3) is 0 Å². The number of fused-ring (bicyclic) bond motifs is 1. The monoisotopic (exact) mass is 789 g/mol. The lowest BCUT2D eigenvalue weighted by Gasteiger charge is -2.38. The number of anilines is 2. The van der Waals surface area contributed by atoms with Gasteiger partial charge in [0.15, 0.2) is 6.17 Å². The zero-order chi connectivity index (χ0) is 40.3. The Balaban J connectivity index is 1.11. The molecule has 4 aromatic rings. The Morgan fingerprint density at radius 3 is 2.19 bits per heavy atom. The van der Waals surface area contributed by atoms with Crippen molar-refractivity contribution in [3.63, 3.8) is 0 Å². The molecule has 2 saturated heterocycles. The fourth-order valence-electron chi connectivity index (χ4n) is 8.40. The van der Waals surface area contributed by atoms with Crippen molar-refractivity contribution in [2.45, 2.75) is 90.3 Å². The molecule has 4 heterocycles. The van der Waals surface area contributed by atoms with E-state index in [1.54, 1.807) is 7.11 Å². The predicted octanol–water partition coefficient (Wildman–Crippen LogP) is 9.35. The molecule has 2 aliphatic heterocycles. The van der Waals surface area contributed by atoms with E-state index in [9.17, 15) is 18.0 Å². The molecule has 2 atom stereocenters. The van der Waals surface area contributed by atoms with Crippen molar-refractivity contribution in [2.24, 2.45) is 11.3 Å². The molecule has 2 unspecified atom stereocenters. The summed E-state index contributed by atoms with van der Waals surface area (Å²) in [5.41, 5.74) is 3.79. The quantitative estimate of drug-likeness (QED) is 0.109. The Bertz CT molecular complexity index is 1980. The number of rotatable bonds is 11. The van der Waals surface area contributed by atoms with Gasteiger partial charge >= 0.3 is 12.1 Å². The average molecular weight is 790 g/mol. The number of halogens is 4. The van der Waals surface area contributed by atoms with Crippen LogP contribution in [0.5, 0.6) is 5.75 Å². The Morgan fingerprint density at radius 1 is 0.930 bits per heavy atom. The van der Waals surface area contributed by atoms with Gasteiger partial charge in [0.1, 0.15) is 5.75 Å². The topological polar surface area (TPSA) is 89.9 Å². The standard InChI is InChI=1S/C44H51F4N5O4/c1-5-56-41(54)31-16-18-52(19-17-31)33-25-49-42(50-26-33)53-20-14-30(15-21-53)40-36(39(45)29-8-10-32(11-9-29)44(46,47)48)22-35-37(51-40)23-43(2,3)24-38(35)57-27-28-6-12-34(55-4)13-7-28/h6-13,22,25-26,30-31,38-39H,5,14-21,23-24,27H2,1-4H3. The van der Waals surface area contributed by atoms with Gasteiger partial charge in [-0.2, -0.15) is 13.2 Å². The first-order valence-electron chi connectivity index (χ1n) is 19.9.